The summed E-state index contributed by atoms with van der Waals surface area (Å²) < 4.78 is 11.1. The lowest BCUT2D eigenvalue weighted by atomic mass is 9.57. The predicted molar refractivity (Wildman–Crippen MR) is 95.0 cm³/mol. The van der Waals surface area contributed by atoms with Crippen molar-refractivity contribution in [2.45, 2.75) is 52.7 Å². The van der Waals surface area contributed by atoms with Gasteiger partial charge in [-0.1, -0.05) is 44.1 Å². The van der Waals surface area contributed by atoms with Crippen molar-refractivity contribution in [2.24, 2.45) is 11.3 Å². The number of benzene rings is 1. The molecule has 0 bridgehead atoms. The van der Waals surface area contributed by atoms with Gasteiger partial charge in [0.2, 0.25) is 0 Å². The summed E-state index contributed by atoms with van der Waals surface area (Å²) in [5.41, 5.74) is 1.35. The fourth-order valence-corrected chi connectivity index (χ4v) is 3.47. The normalized spacial score (nSPS) is 22.1. The molecule has 4 nitrogen and oxygen atoms in total. The zero-order chi connectivity index (χ0) is 17.0. The van der Waals surface area contributed by atoms with Crippen molar-refractivity contribution < 1.29 is 9.26 Å². The van der Waals surface area contributed by atoms with Crippen LogP contribution in [-0.4, -0.2) is 17.7 Å². The molecule has 0 aliphatic heterocycles. The summed E-state index contributed by atoms with van der Waals surface area (Å²) in [6, 6.07) is 12.4. The van der Waals surface area contributed by atoms with E-state index < -0.39 is 0 Å². The molecule has 130 valence electrons. The maximum absolute atomic E-state index is 5.71. The molecule has 1 saturated carbocycles. The number of hydrogen-bond acceptors (Lipinski definition) is 4. The Morgan fingerprint density at radius 1 is 1.29 bits per heavy atom. The Bertz CT molecular complexity index is 636. The van der Waals surface area contributed by atoms with Crippen LogP contribution in [0.4, 0.5) is 0 Å². The highest BCUT2D eigenvalue weighted by Gasteiger charge is 2.47. The van der Waals surface area contributed by atoms with Crippen LogP contribution in [0.2, 0.25) is 0 Å². The fraction of sp³-hybridized carbons (Fsp3) is 0.550. The maximum Gasteiger partial charge on any atom is 0.174 e. The molecular formula is C20H28N2O2. The van der Waals surface area contributed by atoms with E-state index in [1.54, 1.807) is 0 Å². The highest BCUT2D eigenvalue weighted by molar-refractivity contribution is 5.21. The first kappa shape index (κ1) is 17.0. The van der Waals surface area contributed by atoms with E-state index >= 15 is 0 Å². The average molecular weight is 328 g/mol. The van der Waals surface area contributed by atoms with Gasteiger partial charge in [0.15, 0.2) is 5.76 Å². The summed E-state index contributed by atoms with van der Waals surface area (Å²) in [6.07, 6.45) is 3.38. The van der Waals surface area contributed by atoms with Crippen LogP contribution in [0.3, 0.4) is 0 Å². The van der Waals surface area contributed by atoms with Gasteiger partial charge in [0.1, 0.15) is 12.4 Å². The minimum absolute atomic E-state index is 0.314. The van der Waals surface area contributed by atoms with Crippen molar-refractivity contribution in [3.05, 3.63) is 47.9 Å². The number of rotatable bonds is 8. The number of nitrogens with one attached hydrogen (secondary N) is 1. The molecule has 1 aliphatic rings. The second kappa shape index (κ2) is 7.39. The Balaban J connectivity index is 1.50. The number of aromatic nitrogens is 1. The van der Waals surface area contributed by atoms with E-state index in [-0.39, 0.29) is 0 Å². The van der Waals surface area contributed by atoms with E-state index in [9.17, 15) is 0 Å². The topological polar surface area (TPSA) is 47.3 Å². The maximum atomic E-state index is 5.71. The Hall–Kier alpha value is -1.81. The van der Waals surface area contributed by atoms with Crippen molar-refractivity contribution >= 4 is 0 Å². The summed E-state index contributed by atoms with van der Waals surface area (Å²) in [5, 5.41) is 7.88. The van der Waals surface area contributed by atoms with Crippen molar-refractivity contribution in [3.63, 3.8) is 0 Å². The first-order valence-corrected chi connectivity index (χ1v) is 8.95. The molecule has 4 heteroatoms. The molecule has 24 heavy (non-hydrogen) atoms. The molecule has 2 aromatic rings. The van der Waals surface area contributed by atoms with E-state index in [2.05, 4.69) is 31.2 Å². The molecule has 1 aromatic carbocycles. The summed E-state index contributed by atoms with van der Waals surface area (Å²) in [6.45, 7) is 8.45. The largest absolute Gasteiger partial charge is 0.486 e. The first-order chi connectivity index (χ1) is 11.6. The molecule has 3 rings (SSSR count). The number of para-hydroxylation sites is 1. The second-order valence-corrected chi connectivity index (χ2v) is 7.35. The van der Waals surface area contributed by atoms with E-state index in [1.165, 1.54) is 12.8 Å². The minimum Gasteiger partial charge on any atom is -0.486 e. The highest BCUT2D eigenvalue weighted by Crippen LogP contribution is 2.47. The molecule has 1 fully saturated rings. The summed E-state index contributed by atoms with van der Waals surface area (Å²) in [5.74, 6) is 2.28. The molecule has 1 N–H and O–H groups in total. The van der Waals surface area contributed by atoms with Gasteiger partial charge in [-0.3, -0.25) is 0 Å². The summed E-state index contributed by atoms with van der Waals surface area (Å²) in [4.78, 5) is 0. The third kappa shape index (κ3) is 3.81. The van der Waals surface area contributed by atoms with Gasteiger partial charge in [-0.05, 0) is 49.3 Å². The van der Waals surface area contributed by atoms with E-state index in [1.807, 2.05) is 36.4 Å². The van der Waals surface area contributed by atoms with Gasteiger partial charge in [-0.15, -0.1) is 0 Å². The van der Waals surface area contributed by atoms with E-state index in [4.69, 9.17) is 9.26 Å². The molecule has 0 saturated heterocycles. The molecule has 0 amide bonds. The molecule has 0 unspecified atom stereocenters. The third-order valence-corrected chi connectivity index (χ3v) is 5.30. The lowest BCUT2D eigenvalue weighted by molar-refractivity contribution is 0.0138. The van der Waals surface area contributed by atoms with Crippen LogP contribution in [0, 0.1) is 11.3 Å². The monoisotopic (exact) mass is 328 g/mol. The zero-order valence-corrected chi connectivity index (χ0v) is 14.9. The van der Waals surface area contributed by atoms with Gasteiger partial charge < -0.3 is 14.6 Å². The van der Waals surface area contributed by atoms with Crippen LogP contribution >= 0.6 is 0 Å². The predicted octanol–water partition coefficient (Wildman–Crippen LogP) is 4.21. The van der Waals surface area contributed by atoms with Gasteiger partial charge in [-0.25, -0.2) is 0 Å². The van der Waals surface area contributed by atoms with Crippen LogP contribution in [0.1, 0.15) is 45.1 Å². The fourth-order valence-electron chi connectivity index (χ4n) is 3.47. The van der Waals surface area contributed by atoms with Crippen molar-refractivity contribution in [2.75, 3.05) is 6.54 Å². The van der Waals surface area contributed by atoms with Crippen LogP contribution in [-0.2, 0) is 13.0 Å². The Morgan fingerprint density at radius 2 is 2.08 bits per heavy atom. The third-order valence-electron chi connectivity index (χ3n) is 5.30. The number of ether oxygens (including phenoxy) is 1. The van der Waals surface area contributed by atoms with Gasteiger partial charge in [-0.2, -0.15) is 0 Å². The van der Waals surface area contributed by atoms with E-state index in [0.717, 1.165) is 30.2 Å². The van der Waals surface area contributed by atoms with Gasteiger partial charge in [0, 0.05) is 12.1 Å². The van der Waals surface area contributed by atoms with Gasteiger partial charge in [0.25, 0.3) is 0 Å². The molecule has 1 heterocycles. The molecular weight excluding hydrogens is 300 g/mol. The molecule has 1 aliphatic carbocycles. The van der Waals surface area contributed by atoms with Crippen molar-refractivity contribution in [1.29, 1.82) is 0 Å². The Labute approximate surface area is 144 Å². The lowest BCUT2D eigenvalue weighted by Gasteiger charge is -2.52. The summed E-state index contributed by atoms with van der Waals surface area (Å²) >= 11 is 0. The quantitative estimate of drug-likeness (QED) is 0.788. The molecule has 0 spiro atoms. The SMILES string of the molecule is CCCN[C@H]1C[C@@H](Cc2cc(COc3ccccc3)on2)C1(C)C. The van der Waals surface area contributed by atoms with Gasteiger partial charge in [0.05, 0.1) is 5.69 Å². The molecule has 2 atom stereocenters. The lowest BCUT2D eigenvalue weighted by Crippen LogP contribution is -2.57. The van der Waals surface area contributed by atoms with Gasteiger partial charge >= 0.3 is 0 Å². The van der Waals surface area contributed by atoms with Crippen LogP contribution in [0.15, 0.2) is 40.9 Å². The minimum atomic E-state index is 0.314. The van der Waals surface area contributed by atoms with Crippen LogP contribution < -0.4 is 10.1 Å². The van der Waals surface area contributed by atoms with Crippen LogP contribution in [0.25, 0.3) is 0 Å². The Morgan fingerprint density at radius 3 is 2.79 bits per heavy atom. The standard InChI is InChI=1S/C20H28N2O2/c1-4-10-21-19-12-15(20(19,2)3)11-16-13-18(24-22-16)14-23-17-8-6-5-7-9-17/h5-9,13,15,19,21H,4,10-12,14H2,1-3H3/t15-,19+/m1/s1. The first-order valence-electron chi connectivity index (χ1n) is 8.95. The number of nitrogens with zero attached hydrogens (tertiary/aromatic N) is 1. The van der Waals surface area contributed by atoms with Crippen molar-refractivity contribution in [3.8, 4) is 5.75 Å². The number of hydrogen-bond donors (Lipinski definition) is 1. The highest BCUT2D eigenvalue weighted by atomic mass is 16.5. The van der Waals surface area contributed by atoms with E-state index in [0.29, 0.717) is 24.0 Å². The molecule has 0 radical (unpaired) electrons. The Kier molecular flexibility index (Phi) is 5.24. The van der Waals surface area contributed by atoms with Crippen molar-refractivity contribution in [1.82, 2.24) is 10.5 Å². The summed E-state index contributed by atoms with van der Waals surface area (Å²) in [7, 11) is 0. The second-order valence-electron chi connectivity index (χ2n) is 7.35. The van der Waals surface area contributed by atoms with Crippen LogP contribution in [0.5, 0.6) is 5.75 Å². The zero-order valence-electron chi connectivity index (χ0n) is 14.9. The smallest absolute Gasteiger partial charge is 0.174 e. The average Bonchev–Trinajstić information content (AvgIpc) is 3.04. The molecule has 1 aromatic heterocycles.